The van der Waals surface area contributed by atoms with Gasteiger partial charge in [0.1, 0.15) is 18.3 Å². The molecule has 0 spiro atoms. The van der Waals surface area contributed by atoms with Crippen LogP contribution in [0.15, 0.2) is 0 Å². The van der Waals surface area contributed by atoms with Gasteiger partial charge in [0.15, 0.2) is 6.29 Å². The summed E-state index contributed by atoms with van der Waals surface area (Å²) in [6, 6.07) is 0. The van der Waals surface area contributed by atoms with E-state index in [1.165, 1.54) is 14.2 Å². The largest absolute Gasteiger partial charge is 0.387 e. The molecule has 2 N–H and O–H groups in total. The minimum atomic E-state index is -1.06. The second-order valence-electron chi connectivity index (χ2n) is 3.13. The van der Waals surface area contributed by atoms with E-state index in [1.807, 2.05) is 0 Å². The van der Waals surface area contributed by atoms with Crippen LogP contribution in [0.3, 0.4) is 0 Å². The molecule has 5 atom stereocenters. The molecule has 0 aliphatic carbocycles. The molecule has 5 heteroatoms. The van der Waals surface area contributed by atoms with Crippen molar-refractivity contribution in [1.29, 1.82) is 0 Å². The predicted octanol–water partition coefficient (Wildman–Crippen LogP) is -0.886. The number of methoxy groups -OCH3 is 2. The smallest absolute Gasteiger partial charge is 0.186 e. The van der Waals surface area contributed by atoms with E-state index in [9.17, 15) is 10.2 Å². The Labute approximate surface area is 77.2 Å². The van der Waals surface area contributed by atoms with E-state index in [-0.39, 0.29) is 6.10 Å². The first-order chi connectivity index (χ1) is 6.11. The summed E-state index contributed by atoms with van der Waals surface area (Å²) in [4.78, 5) is 0. The Bertz CT molecular complexity index is 163. The van der Waals surface area contributed by atoms with Gasteiger partial charge in [-0.2, -0.15) is 0 Å². The van der Waals surface area contributed by atoms with Crippen LogP contribution in [0.5, 0.6) is 0 Å². The third-order valence-corrected chi connectivity index (χ3v) is 2.28. The molecule has 0 bridgehead atoms. The maximum atomic E-state index is 9.57. The predicted molar refractivity (Wildman–Crippen MR) is 44.2 cm³/mol. The van der Waals surface area contributed by atoms with Gasteiger partial charge in [0, 0.05) is 14.2 Å². The van der Waals surface area contributed by atoms with Crippen molar-refractivity contribution < 1.29 is 24.4 Å². The van der Waals surface area contributed by atoms with E-state index in [4.69, 9.17) is 14.2 Å². The molecule has 0 saturated carbocycles. The lowest BCUT2D eigenvalue weighted by Gasteiger charge is -2.39. The summed E-state index contributed by atoms with van der Waals surface area (Å²) in [5.74, 6) is 0. The van der Waals surface area contributed by atoms with E-state index in [2.05, 4.69) is 0 Å². The first kappa shape index (κ1) is 10.9. The zero-order valence-electron chi connectivity index (χ0n) is 8.01. The van der Waals surface area contributed by atoms with Gasteiger partial charge in [-0.3, -0.25) is 0 Å². The maximum Gasteiger partial charge on any atom is 0.186 e. The third-order valence-electron chi connectivity index (χ3n) is 2.28. The summed E-state index contributed by atoms with van der Waals surface area (Å²) in [5.41, 5.74) is 0. The molecule has 0 aromatic heterocycles. The minimum absolute atomic E-state index is 0.298. The molecule has 1 heterocycles. The quantitative estimate of drug-likeness (QED) is 0.594. The van der Waals surface area contributed by atoms with Crippen molar-refractivity contribution >= 4 is 0 Å². The second kappa shape index (κ2) is 4.34. The SMILES string of the molecule is COC1OC(C)C(OC)C(O)C1O. The van der Waals surface area contributed by atoms with Crippen molar-refractivity contribution in [3.63, 3.8) is 0 Å². The average Bonchev–Trinajstić information content (AvgIpc) is 2.12. The average molecular weight is 192 g/mol. The molecule has 78 valence electrons. The van der Waals surface area contributed by atoms with E-state index < -0.39 is 24.6 Å². The van der Waals surface area contributed by atoms with Crippen LogP contribution in [0, 0.1) is 0 Å². The van der Waals surface area contributed by atoms with Crippen molar-refractivity contribution in [2.75, 3.05) is 14.2 Å². The first-order valence-corrected chi connectivity index (χ1v) is 4.19. The molecule has 13 heavy (non-hydrogen) atoms. The molecule has 1 saturated heterocycles. The van der Waals surface area contributed by atoms with Crippen molar-refractivity contribution in [3.8, 4) is 0 Å². The van der Waals surface area contributed by atoms with Crippen molar-refractivity contribution in [2.24, 2.45) is 0 Å². The highest BCUT2D eigenvalue weighted by molar-refractivity contribution is 4.87. The fraction of sp³-hybridized carbons (Fsp3) is 1.00. The maximum absolute atomic E-state index is 9.57. The summed E-state index contributed by atoms with van der Waals surface area (Å²) in [5, 5.41) is 19.1. The number of aliphatic hydroxyl groups is 2. The monoisotopic (exact) mass is 192 g/mol. The van der Waals surface area contributed by atoms with E-state index in [0.29, 0.717) is 0 Å². The van der Waals surface area contributed by atoms with E-state index in [0.717, 1.165) is 0 Å². The lowest BCUT2D eigenvalue weighted by Crippen LogP contribution is -2.57. The van der Waals surface area contributed by atoms with E-state index >= 15 is 0 Å². The van der Waals surface area contributed by atoms with Gasteiger partial charge in [-0.1, -0.05) is 0 Å². The van der Waals surface area contributed by atoms with Crippen LogP contribution in [0.2, 0.25) is 0 Å². The Morgan fingerprint density at radius 1 is 1.08 bits per heavy atom. The molecule has 1 fully saturated rings. The topological polar surface area (TPSA) is 68.2 Å². The highest BCUT2D eigenvalue weighted by Crippen LogP contribution is 2.22. The van der Waals surface area contributed by atoms with Crippen LogP contribution < -0.4 is 0 Å². The van der Waals surface area contributed by atoms with Gasteiger partial charge >= 0.3 is 0 Å². The van der Waals surface area contributed by atoms with Crippen LogP contribution in [-0.4, -0.2) is 55.1 Å². The Morgan fingerprint density at radius 2 is 1.69 bits per heavy atom. The van der Waals surface area contributed by atoms with Crippen molar-refractivity contribution in [2.45, 2.75) is 37.6 Å². The lowest BCUT2D eigenvalue weighted by atomic mass is 10.00. The second-order valence-corrected chi connectivity index (χ2v) is 3.13. The number of ether oxygens (including phenoxy) is 3. The molecule has 0 aromatic carbocycles. The zero-order chi connectivity index (χ0) is 10.0. The van der Waals surface area contributed by atoms with Gasteiger partial charge in [0.25, 0.3) is 0 Å². The van der Waals surface area contributed by atoms with Gasteiger partial charge in [-0.05, 0) is 6.92 Å². The van der Waals surface area contributed by atoms with E-state index in [1.54, 1.807) is 6.92 Å². The first-order valence-electron chi connectivity index (χ1n) is 4.19. The number of rotatable bonds is 2. The van der Waals surface area contributed by atoms with Gasteiger partial charge in [0.05, 0.1) is 6.10 Å². The van der Waals surface area contributed by atoms with Gasteiger partial charge in [-0.25, -0.2) is 0 Å². The Hall–Kier alpha value is -0.200. The molecule has 1 aliphatic heterocycles. The number of aliphatic hydroxyl groups excluding tert-OH is 2. The molecular weight excluding hydrogens is 176 g/mol. The van der Waals surface area contributed by atoms with Gasteiger partial charge in [0.2, 0.25) is 0 Å². The highest BCUT2D eigenvalue weighted by atomic mass is 16.7. The summed E-state index contributed by atoms with van der Waals surface area (Å²) in [6.45, 7) is 1.76. The lowest BCUT2D eigenvalue weighted by molar-refractivity contribution is -0.289. The third kappa shape index (κ3) is 2.00. The minimum Gasteiger partial charge on any atom is -0.387 e. The number of hydrogen-bond donors (Lipinski definition) is 2. The molecule has 1 rings (SSSR count). The Kier molecular flexibility index (Phi) is 3.63. The molecule has 0 radical (unpaired) electrons. The van der Waals surface area contributed by atoms with Crippen LogP contribution in [0.4, 0.5) is 0 Å². The molecule has 0 aromatic rings. The van der Waals surface area contributed by atoms with Crippen molar-refractivity contribution in [1.82, 2.24) is 0 Å². The summed E-state index contributed by atoms with van der Waals surface area (Å²) >= 11 is 0. The fourth-order valence-electron chi connectivity index (χ4n) is 1.53. The van der Waals surface area contributed by atoms with Crippen molar-refractivity contribution in [3.05, 3.63) is 0 Å². The van der Waals surface area contributed by atoms with Crippen LogP contribution in [0.25, 0.3) is 0 Å². The normalized spacial score (nSPS) is 46.4. The zero-order valence-corrected chi connectivity index (χ0v) is 8.01. The summed E-state index contributed by atoms with van der Waals surface area (Å²) in [6.07, 6.45) is -3.63. The molecular formula is C8H16O5. The molecule has 5 unspecified atom stereocenters. The molecule has 1 aliphatic rings. The van der Waals surface area contributed by atoms with Gasteiger partial charge in [-0.15, -0.1) is 0 Å². The fourth-order valence-corrected chi connectivity index (χ4v) is 1.53. The molecule has 0 amide bonds. The van der Waals surface area contributed by atoms with Crippen LogP contribution >= 0.6 is 0 Å². The Balaban J connectivity index is 2.66. The Morgan fingerprint density at radius 3 is 2.15 bits per heavy atom. The number of hydrogen-bond acceptors (Lipinski definition) is 5. The highest BCUT2D eigenvalue weighted by Gasteiger charge is 2.42. The van der Waals surface area contributed by atoms with Crippen LogP contribution in [-0.2, 0) is 14.2 Å². The molecule has 5 nitrogen and oxygen atoms in total. The summed E-state index contributed by atoms with van der Waals surface area (Å²) < 4.78 is 15.1. The summed E-state index contributed by atoms with van der Waals surface area (Å²) in [7, 11) is 2.88. The standard InChI is InChI=1S/C8H16O5/c1-4-7(11-2)5(9)6(10)8(12-3)13-4/h4-10H,1-3H3. The van der Waals surface area contributed by atoms with Crippen LogP contribution in [0.1, 0.15) is 6.92 Å². The van der Waals surface area contributed by atoms with Gasteiger partial charge < -0.3 is 24.4 Å².